The van der Waals surface area contributed by atoms with E-state index in [-0.39, 0.29) is 5.97 Å². The molecule has 2 aromatic carbocycles. The van der Waals surface area contributed by atoms with E-state index < -0.39 is 12.0 Å². The van der Waals surface area contributed by atoms with Crippen LogP contribution >= 0.6 is 22.9 Å². The first-order chi connectivity index (χ1) is 14.5. The summed E-state index contributed by atoms with van der Waals surface area (Å²) in [5.74, 6) is -1.14. The molecule has 0 amide bonds. The highest BCUT2D eigenvalue weighted by molar-refractivity contribution is 7.10. The molecule has 1 atom stereocenters. The number of halogens is 1. The van der Waals surface area contributed by atoms with E-state index in [9.17, 15) is 9.59 Å². The van der Waals surface area contributed by atoms with Crippen LogP contribution in [0.2, 0.25) is 5.02 Å². The molecule has 0 fully saturated rings. The van der Waals surface area contributed by atoms with Crippen LogP contribution in [0.15, 0.2) is 66.0 Å². The van der Waals surface area contributed by atoms with Crippen molar-refractivity contribution >= 4 is 34.9 Å². The maximum atomic E-state index is 12.3. The highest BCUT2D eigenvalue weighted by Gasteiger charge is 2.32. The van der Waals surface area contributed by atoms with Gasteiger partial charge in [-0.2, -0.15) is 0 Å². The van der Waals surface area contributed by atoms with Gasteiger partial charge >= 0.3 is 11.9 Å². The maximum Gasteiger partial charge on any atom is 0.335 e. The fourth-order valence-electron chi connectivity index (χ4n) is 3.35. The summed E-state index contributed by atoms with van der Waals surface area (Å²) >= 11 is 8.07. The Balaban J connectivity index is 0.000000239. The van der Waals surface area contributed by atoms with Crippen LogP contribution in [0.1, 0.15) is 32.4 Å². The van der Waals surface area contributed by atoms with Crippen molar-refractivity contribution in [3.05, 3.63) is 92.6 Å². The fraction of sp³-hybridized carbons (Fsp3) is 0.217. The van der Waals surface area contributed by atoms with Crippen LogP contribution in [-0.2, 0) is 22.5 Å². The van der Waals surface area contributed by atoms with Crippen molar-refractivity contribution in [2.75, 3.05) is 13.7 Å². The van der Waals surface area contributed by atoms with E-state index >= 15 is 0 Å². The van der Waals surface area contributed by atoms with Crippen LogP contribution in [0, 0.1) is 0 Å². The largest absolute Gasteiger partial charge is 0.478 e. The SMILES string of the molecule is COC(=O)[C@@H](c1ccccc1Cl)N1CCc2sccc2C1.O=C(O)c1ccccc1. The van der Waals surface area contributed by atoms with Gasteiger partial charge in [0.2, 0.25) is 0 Å². The standard InChI is InChI=1S/C16H16ClNO2S.C7H6O2/c1-20-16(19)15(12-4-2-3-5-13(12)17)18-8-6-14-11(10-18)7-9-21-14;8-7(9)6-4-2-1-3-5-6/h2-5,7,9,15H,6,8,10H2,1H3;1-5H,(H,8,9)/t15-;/m1./s1. The van der Waals surface area contributed by atoms with Gasteiger partial charge in [0.15, 0.2) is 0 Å². The van der Waals surface area contributed by atoms with Crippen molar-refractivity contribution in [1.82, 2.24) is 4.90 Å². The summed E-state index contributed by atoms with van der Waals surface area (Å²) in [7, 11) is 1.42. The average molecular weight is 444 g/mol. The van der Waals surface area contributed by atoms with E-state index in [1.165, 1.54) is 17.6 Å². The third kappa shape index (κ3) is 5.27. The molecular weight excluding hydrogens is 422 g/mol. The van der Waals surface area contributed by atoms with Gasteiger partial charge in [-0.25, -0.2) is 9.59 Å². The molecule has 3 aromatic rings. The minimum Gasteiger partial charge on any atom is -0.478 e. The van der Waals surface area contributed by atoms with Gasteiger partial charge in [0.1, 0.15) is 6.04 Å². The molecule has 30 heavy (non-hydrogen) atoms. The van der Waals surface area contributed by atoms with E-state index in [2.05, 4.69) is 16.3 Å². The average Bonchev–Trinajstić information content (AvgIpc) is 3.24. The number of carbonyl (C=O) groups is 2. The van der Waals surface area contributed by atoms with E-state index in [1.807, 2.05) is 24.3 Å². The van der Waals surface area contributed by atoms with Gasteiger partial charge in [-0.3, -0.25) is 4.90 Å². The number of aromatic carboxylic acids is 1. The first-order valence-corrected chi connectivity index (χ1v) is 10.7. The van der Waals surface area contributed by atoms with Crippen molar-refractivity contribution in [2.45, 2.75) is 19.0 Å². The van der Waals surface area contributed by atoms with E-state index in [0.717, 1.165) is 25.1 Å². The molecule has 0 bridgehead atoms. The number of thiophene rings is 1. The van der Waals surface area contributed by atoms with Crippen LogP contribution in [0.25, 0.3) is 0 Å². The number of nitrogens with zero attached hydrogens (tertiary/aromatic N) is 1. The Labute approximate surface area is 184 Å². The molecule has 156 valence electrons. The molecule has 0 saturated heterocycles. The van der Waals surface area contributed by atoms with Crippen molar-refractivity contribution < 1.29 is 19.4 Å². The monoisotopic (exact) mass is 443 g/mol. The molecule has 1 aliphatic rings. The molecule has 1 aliphatic heterocycles. The second kappa shape index (κ2) is 10.4. The van der Waals surface area contributed by atoms with Crippen molar-refractivity contribution in [2.24, 2.45) is 0 Å². The van der Waals surface area contributed by atoms with Crippen LogP contribution in [0.4, 0.5) is 0 Å². The molecule has 2 heterocycles. The number of hydrogen-bond donors (Lipinski definition) is 1. The van der Waals surface area contributed by atoms with Crippen LogP contribution in [-0.4, -0.2) is 35.6 Å². The molecule has 0 spiro atoms. The van der Waals surface area contributed by atoms with Gasteiger partial charge in [0, 0.05) is 23.0 Å². The summed E-state index contributed by atoms with van der Waals surface area (Å²) in [6.45, 7) is 1.59. The first-order valence-electron chi connectivity index (χ1n) is 9.41. The van der Waals surface area contributed by atoms with Crippen LogP contribution in [0.3, 0.4) is 0 Å². The van der Waals surface area contributed by atoms with Crippen molar-refractivity contribution in [1.29, 1.82) is 0 Å². The number of methoxy groups -OCH3 is 1. The Morgan fingerprint density at radius 1 is 1.10 bits per heavy atom. The highest BCUT2D eigenvalue weighted by Crippen LogP contribution is 2.33. The number of fused-ring (bicyclic) bond motifs is 1. The van der Waals surface area contributed by atoms with Crippen molar-refractivity contribution in [3.8, 4) is 0 Å². The van der Waals surface area contributed by atoms with Gasteiger partial charge in [-0.1, -0.05) is 48.0 Å². The lowest BCUT2D eigenvalue weighted by Gasteiger charge is -2.33. The van der Waals surface area contributed by atoms with E-state index in [0.29, 0.717) is 10.6 Å². The summed E-state index contributed by atoms with van der Waals surface area (Å²) in [6, 6.07) is 17.5. The number of benzene rings is 2. The van der Waals surface area contributed by atoms with Crippen molar-refractivity contribution in [3.63, 3.8) is 0 Å². The summed E-state index contributed by atoms with van der Waals surface area (Å²) in [5.41, 5.74) is 2.44. The highest BCUT2D eigenvalue weighted by atomic mass is 35.5. The molecule has 1 N–H and O–H groups in total. The number of hydrogen-bond acceptors (Lipinski definition) is 5. The quantitative estimate of drug-likeness (QED) is 0.571. The lowest BCUT2D eigenvalue weighted by Crippen LogP contribution is -2.38. The fourth-order valence-corrected chi connectivity index (χ4v) is 4.48. The third-order valence-corrected chi connectivity index (χ3v) is 6.21. The molecule has 0 radical (unpaired) electrons. The smallest absolute Gasteiger partial charge is 0.335 e. The zero-order valence-electron chi connectivity index (χ0n) is 16.5. The zero-order valence-corrected chi connectivity index (χ0v) is 18.0. The van der Waals surface area contributed by atoms with Gasteiger partial charge in [0.25, 0.3) is 0 Å². The second-order valence-corrected chi connectivity index (χ2v) is 8.12. The zero-order chi connectivity index (χ0) is 21.5. The first kappa shape index (κ1) is 22.0. The normalized spacial score (nSPS) is 14.1. The number of carbonyl (C=O) groups excluding carboxylic acids is 1. The predicted molar refractivity (Wildman–Crippen MR) is 118 cm³/mol. The number of ether oxygens (including phenoxy) is 1. The number of carboxylic acids is 1. The topological polar surface area (TPSA) is 66.8 Å². The van der Waals surface area contributed by atoms with Gasteiger partial charge < -0.3 is 9.84 Å². The van der Waals surface area contributed by atoms with Crippen LogP contribution < -0.4 is 0 Å². The summed E-state index contributed by atoms with van der Waals surface area (Å²) in [6.07, 6.45) is 0.963. The summed E-state index contributed by atoms with van der Waals surface area (Å²) < 4.78 is 5.01. The summed E-state index contributed by atoms with van der Waals surface area (Å²) in [5, 5.41) is 11.1. The van der Waals surface area contributed by atoms with Crippen LogP contribution in [0.5, 0.6) is 0 Å². The van der Waals surface area contributed by atoms with E-state index in [4.69, 9.17) is 21.4 Å². The third-order valence-electron chi connectivity index (χ3n) is 4.85. The minimum atomic E-state index is -0.879. The summed E-state index contributed by atoms with van der Waals surface area (Å²) in [4.78, 5) is 26.0. The maximum absolute atomic E-state index is 12.3. The molecule has 0 aliphatic carbocycles. The van der Waals surface area contributed by atoms with Gasteiger partial charge in [-0.05, 0) is 47.2 Å². The van der Waals surface area contributed by atoms with E-state index in [1.54, 1.807) is 41.7 Å². The molecule has 0 unspecified atom stereocenters. The Hall–Kier alpha value is -2.67. The Kier molecular flexibility index (Phi) is 7.63. The lowest BCUT2D eigenvalue weighted by atomic mass is 10.0. The predicted octanol–water partition coefficient (Wildman–Crippen LogP) is 5.06. The Morgan fingerprint density at radius 2 is 1.80 bits per heavy atom. The lowest BCUT2D eigenvalue weighted by molar-refractivity contribution is -0.147. The molecule has 5 nitrogen and oxygen atoms in total. The molecule has 1 aromatic heterocycles. The Bertz CT molecular complexity index is 1010. The molecule has 4 rings (SSSR count). The molecule has 7 heteroatoms. The minimum absolute atomic E-state index is 0.262. The second-order valence-electron chi connectivity index (χ2n) is 6.71. The number of carboxylic acid groups (broad SMARTS) is 1. The molecule has 0 saturated carbocycles. The Morgan fingerprint density at radius 3 is 2.43 bits per heavy atom. The van der Waals surface area contributed by atoms with Gasteiger partial charge in [-0.15, -0.1) is 11.3 Å². The molecular formula is C23H22ClNO4S. The number of esters is 1. The number of rotatable bonds is 4. The van der Waals surface area contributed by atoms with Gasteiger partial charge in [0.05, 0.1) is 12.7 Å².